The lowest BCUT2D eigenvalue weighted by Crippen LogP contribution is -2.09. The first kappa shape index (κ1) is 9.77. The lowest BCUT2D eigenvalue weighted by atomic mass is 10.2. The minimum absolute atomic E-state index is 0.254. The Bertz CT molecular complexity index is 435. The van der Waals surface area contributed by atoms with Crippen molar-refractivity contribution in [1.82, 2.24) is 0 Å². The molecular formula is C10H10ClNOS. The number of thiophene rings is 1. The minimum atomic E-state index is -0.254. The molecule has 0 saturated carbocycles. The molecule has 0 radical (unpaired) electrons. The van der Waals surface area contributed by atoms with Crippen molar-refractivity contribution in [2.24, 2.45) is 5.73 Å². The molecule has 2 N–H and O–H groups in total. The molecular weight excluding hydrogens is 218 g/mol. The van der Waals surface area contributed by atoms with Crippen LogP contribution in [0.25, 0.3) is 0 Å². The molecule has 0 aliphatic carbocycles. The summed E-state index contributed by atoms with van der Waals surface area (Å²) < 4.78 is 5.45. The molecule has 2 heterocycles. The van der Waals surface area contributed by atoms with Gasteiger partial charge in [0.15, 0.2) is 0 Å². The molecule has 0 fully saturated rings. The second kappa shape index (κ2) is 3.77. The van der Waals surface area contributed by atoms with Gasteiger partial charge in [0.2, 0.25) is 0 Å². The van der Waals surface area contributed by atoms with E-state index in [0.29, 0.717) is 5.02 Å². The Morgan fingerprint density at radius 1 is 1.43 bits per heavy atom. The summed E-state index contributed by atoms with van der Waals surface area (Å²) in [5.41, 5.74) is 6.01. The van der Waals surface area contributed by atoms with Crippen LogP contribution in [0.15, 0.2) is 28.0 Å². The number of furan rings is 1. The summed E-state index contributed by atoms with van der Waals surface area (Å²) in [6, 6.07) is 5.38. The summed E-state index contributed by atoms with van der Waals surface area (Å²) in [7, 11) is 0. The molecule has 1 unspecified atom stereocenters. The fourth-order valence-electron chi connectivity index (χ4n) is 1.28. The van der Waals surface area contributed by atoms with Crippen LogP contribution in [0, 0.1) is 6.92 Å². The number of aryl methyl sites for hydroxylation is 1. The predicted octanol–water partition coefficient (Wildman–Crippen LogP) is 3.35. The summed E-state index contributed by atoms with van der Waals surface area (Å²) in [5, 5.41) is 2.63. The van der Waals surface area contributed by atoms with E-state index >= 15 is 0 Å². The number of hydrogen-bond acceptors (Lipinski definition) is 3. The maximum atomic E-state index is 6.01. The Morgan fingerprint density at radius 3 is 2.71 bits per heavy atom. The van der Waals surface area contributed by atoms with Crippen LogP contribution in [0.1, 0.15) is 22.4 Å². The average molecular weight is 228 g/mol. The third kappa shape index (κ3) is 1.71. The van der Waals surface area contributed by atoms with Crippen molar-refractivity contribution in [3.8, 4) is 0 Å². The molecule has 2 aromatic heterocycles. The molecule has 2 aromatic rings. The van der Waals surface area contributed by atoms with Crippen LogP contribution >= 0.6 is 22.9 Å². The van der Waals surface area contributed by atoms with E-state index in [1.807, 2.05) is 30.5 Å². The van der Waals surface area contributed by atoms with Gasteiger partial charge in [0.1, 0.15) is 11.5 Å². The van der Waals surface area contributed by atoms with Crippen LogP contribution in [0.3, 0.4) is 0 Å². The van der Waals surface area contributed by atoms with Gasteiger partial charge in [-0.1, -0.05) is 11.6 Å². The number of nitrogens with two attached hydrogens (primary N) is 1. The van der Waals surface area contributed by atoms with Crippen molar-refractivity contribution in [1.29, 1.82) is 0 Å². The van der Waals surface area contributed by atoms with Crippen LogP contribution in [0.5, 0.6) is 0 Å². The Balaban J connectivity index is 2.33. The van der Waals surface area contributed by atoms with E-state index in [0.717, 1.165) is 16.4 Å². The third-order valence-electron chi connectivity index (χ3n) is 1.99. The Labute approximate surface area is 91.3 Å². The Hall–Kier alpha value is -0.770. The van der Waals surface area contributed by atoms with Gasteiger partial charge in [0, 0.05) is 4.88 Å². The highest BCUT2D eigenvalue weighted by Crippen LogP contribution is 2.31. The van der Waals surface area contributed by atoms with Gasteiger partial charge >= 0.3 is 0 Å². The van der Waals surface area contributed by atoms with E-state index in [2.05, 4.69) is 0 Å². The van der Waals surface area contributed by atoms with Gasteiger partial charge < -0.3 is 10.2 Å². The molecule has 0 bridgehead atoms. The zero-order valence-electron chi connectivity index (χ0n) is 7.66. The topological polar surface area (TPSA) is 39.2 Å². The maximum Gasteiger partial charge on any atom is 0.126 e. The molecule has 0 saturated heterocycles. The van der Waals surface area contributed by atoms with Gasteiger partial charge in [-0.2, -0.15) is 0 Å². The van der Waals surface area contributed by atoms with Crippen molar-refractivity contribution in [3.05, 3.63) is 45.0 Å². The number of rotatable bonds is 2. The monoisotopic (exact) mass is 227 g/mol. The summed E-state index contributed by atoms with van der Waals surface area (Å²) in [6.45, 7) is 1.90. The highest BCUT2D eigenvalue weighted by molar-refractivity contribution is 7.10. The van der Waals surface area contributed by atoms with E-state index in [1.165, 1.54) is 0 Å². The molecule has 14 heavy (non-hydrogen) atoms. The highest BCUT2D eigenvalue weighted by Gasteiger charge is 2.16. The van der Waals surface area contributed by atoms with E-state index in [1.54, 1.807) is 11.3 Å². The first-order valence-electron chi connectivity index (χ1n) is 4.23. The minimum Gasteiger partial charge on any atom is -0.464 e. The fraction of sp³-hybridized carbons (Fsp3) is 0.200. The number of hydrogen-bond donors (Lipinski definition) is 1. The zero-order chi connectivity index (χ0) is 10.1. The SMILES string of the molecule is Cc1ccc(C(N)c2sccc2Cl)o1. The van der Waals surface area contributed by atoms with Crippen molar-refractivity contribution in [2.45, 2.75) is 13.0 Å². The van der Waals surface area contributed by atoms with Crippen LogP contribution in [-0.4, -0.2) is 0 Å². The highest BCUT2D eigenvalue weighted by atomic mass is 35.5. The van der Waals surface area contributed by atoms with Crippen molar-refractivity contribution < 1.29 is 4.42 Å². The molecule has 0 amide bonds. The Kier molecular flexibility index (Phi) is 2.63. The fourth-order valence-corrected chi connectivity index (χ4v) is 2.46. The quantitative estimate of drug-likeness (QED) is 0.855. The molecule has 4 heteroatoms. The average Bonchev–Trinajstić information content (AvgIpc) is 2.73. The van der Waals surface area contributed by atoms with Gasteiger partial charge in [0.05, 0.1) is 11.1 Å². The van der Waals surface area contributed by atoms with Crippen LogP contribution in [0.2, 0.25) is 5.02 Å². The lowest BCUT2D eigenvalue weighted by Gasteiger charge is -2.06. The molecule has 2 nitrogen and oxygen atoms in total. The molecule has 0 aliphatic rings. The molecule has 2 rings (SSSR count). The van der Waals surface area contributed by atoms with E-state index in [4.69, 9.17) is 21.8 Å². The van der Waals surface area contributed by atoms with Crippen molar-refractivity contribution >= 4 is 22.9 Å². The van der Waals surface area contributed by atoms with Crippen molar-refractivity contribution in [3.63, 3.8) is 0 Å². The van der Waals surface area contributed by atoms with Crippen molar-refractivity contribution in [2.75, 3.05) is 0 Å². The van der Waals surface area contributed by atoms with E-state index in [9.17, 15) is 0 Å². The smallest absolute Gasteiger partial charge is 0.126 e. The van der Waals surface area contributed by atoms with Gasteiger partial charge in [-0.05, 0) is 30.5 Å². The molecule has 0 aliphatic heterocycles. The normalized spacial score (nSPS) is 13.1. The first-order chi connectivity index (χ1) is 6.68. The van der Waals surface area contributed by atoms with Crippen LogP contribution < -0.4 is 5.73 Å². The molecule has 1 atom stereocenters. The molecule has 0 spiro atoms. The Morgan fingerprint density at radius 2 is 2.21 bits per heavy atom. The van der Waals surface area contributed by atoms with Gasteiger partial charge in [0.25, 0.3) is 0 Å². The second-order valence-electron chi connectivity index (χ2n) is 3.06. The van der Waals surface area contributed by atoms with E-state index < -0.39 is 0 Å². The summed E-state index contributed by atoms with van der Waals surface area (Å²) >= 11 is 7.52. The van der Waals surface area contributed by atoms with Crippen LogP contribution in [0.4, 0.5) is 0 Å². The standard InChI is InChI=1S/C10H10ClNOS/c1-6-2-3-8(13-6)9(12)10-7(11)4-5-14-10/h2-5,9H,12H2,1H3. The third-order valence-corrected chi connectivity index (χ3v) is 3.44. The molecule has 0 aromatic carbocycles. The van der Waals surface area contributed by atoms with Gasteiger partial charge in [-0.15, -0.1) is 11.3 Å². The second-order valence-corrected chi connectivity index (χ2v) is 4.41. The van der Waals surface area contributed by atoms with Gasteiger partial charge in [-0.3, -0.25) is 0 Å². The van der Waals surface area contributed by atoms with E-state index in [-0.39, 0.29) is 6.04 Å². The zero-order valence-corrected chi connectivity index (χ0v) is 9.23. The predicted molar refractivity (Wildman–Crippen MR) is 58.8 cm³/mol. The summed E-state index contributed by atoms with van der Waals surface area (Å²) in [4.78, 5) is 0.945. The van der Waals surface area contributed by atoms with Crippen LogP contribution in [-0.2, 0) is 0 Å². The summed E-state index contributed by atoms with van der Waals surface area (Å²) in [5.74, 6) is 1.62. The largest absolute Gasteiger partial charge is 0.464 e. The summed E-state index contributed by atoms with van der Waals surface area (Å²) in [6.07, 6.45) is 0. The van der Waals surface area contributed by atoms with Gasteiger partial charge in [-0.25, -0.2) is 0 Å². The molecule has 74 valence electrons. The maximum absolute atomic E-state index is 6.01. The lowest BCUT2D eigenvalue weighted by molar-refractivity contribution is 0.468. The number of halogens is 1. The first-order valence-corrected chi connectivity index (χ1v) is 5.49.